The number of aryl methyl sites for hydroxylation is 1. The molecule has 2 aliphatic rings. The first kappa shape index (κ1) is 14.0. The Hall–Kier alpha value is -2.63. The van der Waals surface area contributed by atoms with Crippen molar-refractivity contribution >= 4 is 23.3 Å². The number of benzene rings is 1. The topological polar surface area (TPSA) is 75.4 Å². The van der Waals surface area contributed by atoms with Crippen molar-refractivity contribution in [1.82, 2.24) is 5.16 Å². The molecular weight excluding hydrogens is 294 g/mol. The highest BCUT2D eigenvalue weighted by atomic mass is 16.5. The number of rotatable bonds is 3. The SMILES string of the molecule is Cc1cc(NC(=O)C2(C(=O)N3CCc4ccccc43)CC2)no1. The molecule has 1 aromatic heterocycles. The van der Waals surface area contributed by atoms with E-state index in [0.717, 1.165) is 17.7 Å². The maximum atomic E-state index is 13.0. The highest BCUT2D eigenvalue weighted by Gasteiger charge is 2.58. The molecule has 1 N–H and O–H groups in total. The lowest BCUT2D eigenvalue weighted by molar-refractivity contribution is -0.132. The molecule has 2 amide bonds. The highest BCUT2D eigenvalue weighted by Crippen LogP contribution is 2.49. The monoisotopic (exact) mass is 311 g/mol. The van der Waals surface area contributed by atoms with E-state index in [9.17, 15) is 9.59 Å². The molecule has 1 aromatic carbocycles. The zero-order valence-corrected chi connectivity index (χ0v) is 12.8. The average molecular weight is 311 g/mol. The standard InChI is InChI=1S/C17H17N3O3/c1-11-10-14(19-23-11)18-15(21)17(7-8-17)16(22)20-9-6-12-4-2-3-5-13(12)20/h2-5,10H,6-9H2,1H3,(H,18,19,21). The number of amides is 2. The van der Waals surface area contributed by atoms with Crippen LogP contribution in [0.2, 0.25) is 0 Å². The van der Waals surface area contributed by atoms with Gasteiger partial charge in [0.1, 0.15) is 11.2 Å². The quantitative estimate of drug-likeness (QED) is 0.883. The van der Waals surface area contributed by atoms with Gasteiger partial charge in [-0.1, -0.05) is 23.4 Å². The predicted molar refractivity (Wildman–Crippen MR) is 84.0 cm³/mol. The Bertz CT molecular complexity index is 792. The molecule has 0 bridgehead atoms. The van der Waals surface area contributed by atoms with Crippen LogP contribution in [0.1, 0.15) is 24.2 Å². The average Bonchev–Trinajstić information content (AvgIpc) is 3.10. The van der Waals surface area contributed by atoms with Crippen molar-refractivity contribution in [1.29, 1.82) is 0 Å². The van der Waals surface area contributed by atoms with Crippen molar-refractivity contribution in [3.05, 3.63) is 41.7 Å². The summed E-state index contributed by atoms with van der Waals surface area (Å²) in [4.78, 5) is 27.3. The third kappa shape index (κ3) is 2.21. The minimum atomic E-state index is -0.954. The molecule has 0 saturated heterocycles. The number of hydrogen-bond acceptors (Lipinski definition) is 4. The number of nitrogens with one attached hydrogen (secondary N) is 1. The molecule has 0 radical (unpaired) electrons. The summed E-state index contributed by atoms with van der Waals surface area (Å²) in [5, 5.41) is 6.46. The van der Waals surface area contributed by atoms with Gasteiger partial charge >= 0.3 is 0 Å². The van der Waals surface area contributed by atoms with Crippen molar-refractivity contribution in [3.8, 4) is 0 Å². The van der Waals surface area contributed by atoms with Gasteiger partial charge in [0, 0.05) is 18.3 Å². The van der Waals surface area contributed by atoms with Crippen LogP contribution in [0.15, 0.2) is 34.9 Å². The summed E-state index contributed by atoms with van der Waals surface area (Å²) in [6.07, 6.45) is 1.99. The van der Waals surface area contributed by atoms with E-state index >= 15 is 0 Å². The zero-order chi connectivity index (χ0) is 16.0. The first-order valence-electron chi connectivity index (χ1n) is 7.75. The van der Waals surface area contributed by atoms with E-state index in [2.05, 4.69) is 10.5 Å². The van der Waals surface area contributed by atoms with Crippen molar-refractivity contribution in [2.45, 2.75) is 26.2 Å². The number of carbonyl (C=O) groups excluding carboxylic acids is 2. The number of para-hydroxylation sites is 1. The van der Waals surface area contributed by atoms with Crippen molar-refractivity contribution < 1.29 is 14.1 Å². The van der Waals surface area contributed by atoms with Crippen LogP contribution < -0.4 is 10.2 Å². The first-order valence-corrected chi connectivity index (χ1v) is 7.75. The molecule has 1 aliphatic heterocycles. The molecule has 23 heavy (non-hydrogen) atoms. The molecule has 1 fully saturated rings. The molecule has 6 heteroatoms. The van der Waals surface area contributed by atoms with Gasteiger partial charge in [-0.2, -0.15) is 0 Å². The minimum absolute atomic E-state index is 0.111. The molecule has 2 heterocycles. The molecule has 0 atom stereocenters. The van der Waals surface area contributed by atoms with Crippen LogP contribution in [-0.4, -0.2) is 23.5 Å². The third-order valence-corrected chi connectivity index (χ3v) is 4.60. The number of anilines is 2. The molecule has 1 aliphatic carbocycles. The van der Waals surface area contributed by atoms with Crippen LogP contribution >= 0.6 is 0 Å². The fourth-order valence-corrected chi connectivity index (χ4v) is 3.13. The van der Waals surface area contributed by atoms with Gasteiger partial charge in [0.15, 0.2) is 5.82 Å². The number of nitrogens with zero attached hydrogens (tertiary/aromatic N) is 2. The van der Waals surface area contributed by atoms with Crippen LogP contribution in [0, 0.1) is 12.3 Å². The Morgan fingerprint density at radius 3 is 2.78 bits per heavy atom. The molecule has 6 nitrogen and oxygen atoms in total. The molecule has 0 unspecified atom stereocenters. The summed E-state index contributed by atoms with van der Waals surface area (Å²) < 4.78 is 4.95. The van der Waals surface area contributed by atoms with Gasteiger partial charge < -0.3 is 14.7 Å². The Balaban J connectivity index is 1.55. The molecule has 1 saturated carbocycles. The maximum Gasteiger partial charge on any atom is 0.242 e. The smallest absolute Gasteiger partial charge is 0.242 e. The van der Waals surface area contributed by atoms with Gasteiger partial charge in [-0.05, 0) is 37.8 Å². The van der Waals surface area contributed by atoms with E-state index in [-0.39, 0.29) is 11.8 Å². The van der Waals surface area contributed by atoms with E-state index in [0.29, 0.717) is 31.0 Å². The molecule has 4 rings (SSSR count). The van der Waals surface area contributed by atoms with E-state index < -0.39 is 5.41 Å². The number of aromatic nitrogens is 1. The minimum Gasteiger partial charge on any atom is -0.360 e. The summed E-state index contributed by atoms with van der Waals surface area (Å²) in [5.41, 5.74) is 1.13. The van der Waals surface area contributed by atoms with Gasteiger partial charge in [-0.3, -0.25) is 9.59 Å². The van der Waals surface area contributed by atoms with E-state index in [1.54, 1.807) is 17.9 Å². The van der Waals surface area contributed by atoms with Gasteiger partial charge in [-0.25, -0.2) is 0 Å². The van der Waals surface area contributed by atoms with Crippen LogP contribution in [0.3, 0.4) is 0 Å². The second kappa shape index (κ2) is 4.94. The molecule has 2 aromatic rings. The summed E-state index contributed by atoms with van der Waals surface area (Å²) in [5.74, 6) is 0.568. The number of hydrogen-bond donors (Lipinski definition) is 1. The van der Waals surface area contributed by atoms with E-state index in [1.807, 2.05) is 24.3 Å². The lowest BCUT2D eigenvalue weighted by Gasteiger charge is -2.23. The largest absolute Gasteiger partial charge is 0.360 e. The highest BCUT2D eigenvalue weighted by molar-refractivity contribution is 6.18. The van der Waals surface area contributed by atoms with Crippen LogP contribution in [0.25, 0.3) is 0 Å². The Morgan fingerprint density at radius 2 is 2.09 bits per heavy atom. The Kier molecular flexibility index (Phi) is 3.01. The fraction of sp³-hybridized carbons (Fsp3) is 0.353. The van der Waals surface area contributed by atoms with Crippen LogP contribution in [0.4, 0.5) is 11.5 Å². The van der Waals surface area contributed by atoms with Gasteiger partial charge in [0.2, 0.25) is 11.8 Å². The second-order valence-corrected chi connectivity index (χ2v) is 6.19. The van der Waals surface area contributed by atoms with E-state index in [4.69, 9.17) is 4.52 Å². The van der Waals surface area contributed by atoms with Gasteiger partial charge in [0.25, 0.3) is 0 Å². The first-order chi connectivity index (χ1) is 11.1. The van der Waals surface area contributed by atoms with E-state index in [1.165, 1.54) is 0 Å². The zero-order valence-electron chi connectivity index (χ0n) is 12.8. The fourth-order valence-electron chi connectivity index (χ4n) is 3.13. The van der Waals surface area contributed by atoms with Crippen LogP contribution in [0.5, 0.6) is 0 Å². The number of fused-ring (bicyclic) bond motifs is 1. The van der Waals surface area contributed by atoms with Crippen molar-refractivity contribution in [2.24, 2.45) is 5.41 Å². The normalized spacial score (nSPS) is 17.7. The lowest BCUT2D eigenvalue weighted by Crippen LogP contribution is -2.42. The van der Waals surface area contributed by atoms with Gasteiger partial charge in [0.05, 0.1) is 0 Å². The van der Waals surface area contributed by atoms with Crippen molar-refractivity contribution in [3.63, 3.8) is 0 Å². The summed E-state index contributed by atoms with van der Waals surface area (Å²) in [7, 11) is 0. The molecule has 118 valence electrons. The summed E-state index contributed by atoms with van der Waals surface area (Å²) >= 11 is 0. The second-order valence-electron chi connectivity index (χ2n) is 6.19. The summed E-state index contributed by atoms with van der Waals surface area (Å²) in [6, 6.07) is 9.50. The van der Waals surface area contributed by atoms with Crippen molar-refractivity contribution in [2.75, 3.05) is 16.8 Å². The number of carbonyl (C=O) groups is 2. The third-order valence-electron chi connectivity index (χ3n) is 4.60. The Morgan fingerprint density at radius 1 is 1.30 bits per heavy atom. The summed E-state index contributed by atoms with van der Waals surface area (Å²) in [6.45, 7) is 2.39. The molecular formula is C17H17N3O3. The Labute approximate surface area is 133 Å². The predicted octanol–water partition coefficient (Wildman–Crippen LogP) is 2.29. The molecule has 0 spiro atoms. The van der Waals surface area contributed by atoms with Gasteiger partial charge in [-0.15, -0.1) is 0 Å². The maximum absolute atomic E-state index is 13.0. The lowest BCUT2D eigenvalue weighted by atomic mass is 10.0. The van der Waals surface area contributed by atoms with Crippen LogP contribution in [-0.2, 0) is 16.0 Å².